The second-order valence-corrected chi connectivity index (χ2v) is 6.42. The zero-order valence-electron chi connectivity index (χ0n) is 13.2. The second kappa shape index (κ2) is 7.02. The summed E-state index contributed by atoms with van der Waals surface area (Å²) in [7, 11) is 1.29. The van der Waals surface area contributed by atoms with Crippen molar-refractivity contribution in [2.75, 3.05) is 19.0 Å². The van der Waals surface area contributed by atoms with Crippen LogP contribution in [0.3, 0.4) is 0 Å². The zero-order chi connectivity index (χ0) is 16.3. The lowest BCUT2D eigenvalue weighted by molar-refractivity contribution is -0.142. The fraction of sp³-hybridized carbons (Fsp3) is 0.533. The van der Waals surface area contributed by atoms with E-state index in [4.69, 9.17) is 4.74 Å². The van der Waals surface area contributed by atoms with Crippen LogP contribution in [0.1, 0.15) is 25.2 Å². The van der Waals surface area contributed by atoms with Gasteiger partial charge in [-0.05, 0) is 30.2 Å². The molecule has 7 heteroatoms. The molecule has 6 nitrogen and oxygen atoms in total. The number of thiophene rings is 1. The summed E-state index contributed by atoms with van der Waals surface area (Å²) >= 11 is 1.56. The number of carbonyl (C=O) groups is 1. The summed E-state index contributed by atoms with van der Waals surface area (Å²) in [4.78, 5) is 21.4. The Balaban J connectivity index is 2.46. The molecule has 2 N–H and O–H groups in total. The van der Waals surface area contributed by atoms with Gasteiger partial charge in [0.15, 0.2) is 0 Å². The molecule has 0 spiro atoms. The molecule has 0 fully saturated rings. The molecule has 1 unspecified atom stereocenters. The fourth-order valence-electron chi connectivity index (χ4n) is 2.29. The summed E-state index contributed by atoms with van der Waals surface area (Å²) in [5.74, 6) is 1.17. The summed E-state index contributed by atoms with van der Waals surface area (Å²) in [5.41, 5.74) is 1.15. The molecule has 1 atom stereocenters. The van der Waals surface area contributed by atoms with Crippen molar-refractivity contribution >= 4 is 33.3 Å². The van der Waals surface area contributed by atoms with Crippen molar-refractivity contribution in [2.24, 2.45) is 5.92 Å². The number of methoxy groups -OCH3 is 1. The number of aliphatic hydroxyl groups is 1. The molecular weight excluding hydrogens is 302 g/mol. The van der Waals surface area contributed by atoms with Crippen LogP contribution in [0, 0.1) is 12.8 Å². The molecule has 2 heterocycles. The highest BCUT2D eigenvalue weighted by Crippen LogP contribution is 2.32. The van der Waals surface area contributed by atoms with Gasteiger partial charge in [-0.3, -0.25) is 0 Å². The van der Waals surface area contributed by atoms with Gasteiger partial charge in [0, 0.05) is 0 Å². The normalized spacial score (nSPS) is 12.6. The molecule has 120 valence electrons. The molecule has 2 aromatic rings. The van der Waals surface area contributed by atoms with Gasteiger partial charge in [-0.1, -0.05) is 13.8 Å². The summed E-state index contributed by atoms with van der Waals surface area (Å²) in [6.07, 6.45) is 0.906. The minimum absolute atomic E-state index is 0.360. The van der Waals surface area contributed by atoms with Gasteiger partial charge in [-0.25, -0.2) is 14.8 Å². The maximum atomic E-state index is 11.7. The highest BCUT2D eigenvalue weighted by Gasteiger charge is 2.21. The van der Waals surface area contributed by atoms with Crippen LogP contribution >= 0.6 is 11.3 Å². The summed E-state index contributed by atoms with van der Waals surface area (Å²) in [5, 5.41) is 15.4. The summed E-state index contributed by atoms with van der Waals surface area (Å²) in [6.45, 7) is 5.74. The minimum Gasteiger partial charge on any atom is -0.467 e. The van der Waals surface area contributed by atoms with Gasteiger partial charge in [0.25, 0.3) is 0 Å². The predicted octanol–water partition coefficient (Wildman–Crippen LogP) is 2.14. The number of aryl methyl sites for hydroxylation is 1. The van der Waals surface area contributed by atoms with Crippen molar-refractivity contribution in [1.29, 1.82) is 0 Å². The van der Waals surface area contributed by atoms with Crippen LogP contribution in [0.25, 0.3) is 10.2 Å². The first kappa shape index (κ1) is 16.6. The zero-order valence-corrected chi connectivity index (χ0v) is 14.0. The molecule has 22 heavy (non-hydrogen) atoms. The molecule has 0 saturated carbocycles. The van der Waals surface area contributed by atoms with Crippen molar-refractivity contribution in [2.45, 2.75) is 33.2 Å². The highest BCUT2D eigenvalue weighted by molar-refractivity contribution is 7.17. The fourth-order valence-corrected chi connectivity index (χ4v) is 3.29. The predicted molar refractivity (Wildman–Crippen MR) is 87.2 cm³/mol. The van der Waals surface area contributed by atoms with E-state index in [0.29, 0.717) is 17.6 Å². The smallest absolute Gasteiger partial charge is 0.330 e. The lowest BCUT2D eigenvalue weighted by atomic mass is 10.0. The van der Waals surface area contributed by atoms with Gasteiger partial charge in [0.05, 0.1) is 19.1 Å². The maximum absolute atomic E-state index is 11.7. The SMILES string of the molecule is COC(=O)C(CO)Nc1nc(C)nc2scc(CC(C)C)c12. The molecule has 2 rings (SSSR count). The first-order chi connectivity index (χ1) is 10.5. The van der Waals surface area contributed by atoms with Crippen LogP contribution in [0.4, 0.5) is 5.82 Å². The number of nitrogens with one attached hydrogen (secondary N) is 1. The van der Waals surface area contributed by atoms with Gasteiger partial charge >= 0.3 is 5.97 Å². The van der Waals surface area contributed by atoms with E-state index in [-0.39, 0.29) is 6.61 Å². The molecular formula is C15H21N3O3S. The van der Waals surface area contributed by atoms with E-state index in [1.54, 1.807) is 18.3 Å². The van der Waals surface area contributed by atoms with Crippen LogP contribution in [0.15, 0.2) is 5.38 Å². The number of carbonyl (C=O) groups excluding carboxylic acids is 1. The van der Waals surface area contributed by atoms with Gasteiger partial charge < -0.3 is 15.2 Å². The average molecular weight is 323 g/mol. The first-order valence-electron chi connectivity index (χ1n) is 7.16. The highest BCUT2D eigenvalue weighted by atomic mass is 32.1. The lowest BCUT2D eigenvalue weighted by Gasteiger charge is -2.16. The Morgan fingerprint density at radius 1 is 1.45 bits per heavy atom. The van der Waals surface area contributed by atoms with Crippen molar-refractivity contribution in [3.05, 3.63) is 16.8 Å². The molecule has 0 aromatic carbocycles. The third-order valence-electron chi connectivity index (χ3n) is 3.23. The summed E-state index contributed by atoms with van der Waals surface area (Å²) < 4.78 is 4.69. The van der Waals surface area contributed by atoms with E-state index in [1.807, 2.05) is 0 Å². The van der Waals surface area contributed by atoms with E-state index in [1.165, 1.54) is 7.11 Å². The Hall–Kier alpha value is -1.73. The van der Waals surface area contributed by atoms with E-state index < -0.39 is 12.0 Å². The van der Waals surface area contributed by atoms with Gasteiger partial charge in [-0.2, -0.15) is 0 Å². The van der Waals surface area contributed by atoms with E-state index in [9.17, 15) is 9.90 Å². The lowest BCUT2D eigenvalue weighted by Crippen LogP contribution is -2.34. The van der Waals surface area contributed by atoms with Crippen molar-refractivity contribution < 1.29 is 14.6 Å². The average Bonchev–Trinajstić information content (AvgIpc) is 2.85. The third-order valence-corrected chi connectivity index (χ3v) is 4.15. The minimum atomic E-state index is -0.839. The molecule has 0 aliphatic carbocycles. The number of esters is 1. The van der Waals surface area contributed by atoms with Crippen LogP contribution < -0.4 is 5.32 Å². The number of fused-ring (bicyclic) bond motifs is 1. The second-order valence-electron chi connectivity index (χ2n) is 5.56. The third kappa shape index (κ3) is 3.53. The molecule has 0 amide bonds. The number of hydrogen-bond acceptors (Lipinski definition) is 7. The maximum Gasteiger partial charge on any atom is 0.330 e. The van der Waals surface area contributed by atoms with Crippen LogP contribution in [-0.4, -0.2) is 40.8 Å². The Labute approximate surface area is 133 Å². The molecule has 0 aliphatic rings. The number of nitrogens with zero attached hydrogens (tertiary/aromatic N) is 2. The number of aromatic nitrogens is 2. The number of anilines is 1. The van der Waals surface area contributed by atoms with E-state index in [2.05, 4.69) is 34.5 Å². The Kier molecular flexibility index (Phi) is 5.31. The Bertz CT molecular complexity index is 669. The largest absolute Gasteiger partial charge is 0.467 e. The van der Waals surface area contributed by atoms with Crippen LogP contribution in [-0.2, 0) is 16.0 Å². The van der Waals surface area contributed by atoms with Crippen molar-refractivity contribution in [1.82, 2.24) is 9.97 Å². The molecule has 0 bridgehead atoms. The number of aliphatic hydroxyl groups excluding tert-OH is 1. The molecule has 0 radical (unpaired) electrons. The topological polar surface area (TPSA) is 84.3 Å². The Morgan fingerprint density at radius 2 is 2.18 bits per heavy atom. The van der Waals surface area contributed by atoms with Gasteiger partial charge in [-0.15, -0.1) is 11.3 Å². The monoisotopic (exact) mass is 323 g/mol. The van der Waals surface area contributed by atoms with Gasteiger partial charge in [0.1, 0.15) is 22.5 Å². The van der Waals surface area contributed by atoms with Gasteiger partial charge in [0.2, 0.25) is 0 Å². The van der Waals surface area contributed by atoms with E-state index >= 15 is 0 Å². The number of rotatable bonds is 6. The summed E-state index contributed by atoms with van der Waals surface area (Å²) in [6, 6.07) is -0.839. The molecule has 2 aromatic heterocycles. The number of hydrogen-bond donors (Lipinski definition) is 2. The molecule has 0 saturated heterocycles. The quantitative estimate of drug-likeness (QED) is 0.792. The Morgan fingerprint density at radius 3 is 2.77 bits per heavy atom. The van der Waals surface area contributed by atoms with Crippen molar-refractivity contribution in [3.63, 3.8) is 0 Å². The molecule has 0 aliphatic heterocycles. The van der Waals surface area contributed by atoms with Crippen molar-refractivity contribution in [3.8, 4) is 0 Å². The number of ether oxygens (including phenoxy) is 1. The van der Waals surface area contributed by atoms with E-state index in [0.717, 1.165) is 22.2 Å². The van der Waals surface area contributed by atoms with Crippen LogP contribution in [0.2, 0.25) is 0 Å². The first-order valence-corrected chi connectivity index (χ1v) is 8.04. The van der Waals surface area contributed by atoms with Crippen LogP contribution in [0.5, 0.6) is 0 Å². The standard InChI is InChI=1S/C15H21N3O3S/c1-8(2)5-10-7-22-14-12(10)13(16-9(3)17-14)18-11(6-19)15(20)21-4/h7-8,11,19H,5-6H2,1-4H3,(H,16,17,18).